The lowest BCUT2D eigenvalue weighted by molar-refractivity contribution is 0.350. The predicted molar refractivity (Wildman–Crippen MR) is 76.8 cm³/mol. The third kappa shape index (κ3) is 7.48. The Labute approximate surface area is 113 Å². The first-order valence-corrected chi connectivity index (χ1v) is 6.58. The van der Waals surface area contributed by atoms with Crippen LogP contribution in [0.5, 0.6) is 0 Å². The summed E-state index contributed by atoms with van der Waals surface area (Å²) in [6.45, 7) is -0.0990. The fourth-order valence-corrected chi connectivity index (χ4v) is 1.77. The number of rotatable bonds is 2. The lowest BCUT2D eigenvalue weighted by Crippen LogP contribution is -1.73. The summed E-state index contributed by atoms with van der Waals surface area (Å²) in [4.78, 5) is 1.23. The van der Waals surface area contributed by atoms with Gasteiger partial charge >= 0.3 is 0 Å². The van der Waals surface area contributed by atoms with Gasteiger partial charge in [-0.1, -0.05) is 53.7 Å². The summed E-state index contributed by atoms with van der Waals surface area (Å²) in [6, 6.07) is 10.2. The maximum absolute atomic E-state index is 8.41. The molecule has 0 unspecified atom stereocenters. The molecule has 1 N–H and O–H groups in total. The van der Waals surface area contributed by atoms with E-state index in [1.165, 1.54) is 4.90 Å². The van der Waals surface area contributed by atoms with Crippen molar-refractivity contribution in [1.29, 1.82) is 0 Å². The molecule has 0 amide bonds. The van der Waals surface area contributed by atoms with E-state index in [0.717, 1.165) is 5.75 Å². The summed E-state index contributed by atoms with van der Waals surface area (Å²) < 4.78 is 0. The van der Waals surface area contributed by atoms with Crippen molar-refractivity contribution in [3.05, 3.63) is 30.3 Å². The Hall–Kier alpha value is -1.79. The van der Waals surface area contributed by atoms with E-state index >= 15 is 0 Å². The van der Waals surface area contributed by atoms with Crippen molar-refractivity contribution in [2.45, 2.75) is 17.7 Å². The molecule has 90 valence electrons. The Morgan fingerprint density at radius 3 is 2.11 bits per heavy atom. The van der Waals surface area contributed by atoms with Crippen LogP contribution in [0.4, 0.5) is 0 Å². The largest absolute Gasteiger partial charge is 0.384 e. The first kappa shape index (κ1) is 14.3. The highest BCUT2D eigenvalue weighted by atomic mass is 32.2. The fourth-order valence-electron chi connectivity index (χ4n) is 1.08. The van der Waals surface area contributed by atoms with E-state index in [2.05, 4.69) is 47.7 Å². The Kier molecular flexibility index (Phi) is 8.22. The number of thioether (sulfide) groups is 1. The highest BCUT2D eigenvalue weighted by Gasteiger charge is 1.87. The van der Waals surface area contributed by atoms with Crippen LogP contribution in [-0.2, 0) is 0 Å². The van der Waals surface area contributed by atoms with Crippen molar-refractivity contribution < 1.29 is 5.11 Å². The molecule has 0 atom stereocenters. The van der Waals surface area contributed by atoms with E-state index in [9.17, 15) is 0 Å². The van der Waals surface area contributed by atoms with E-state index in [4.69, 9.17) is 5.11 Å². The number of aliphatic hydroxyl groups is 1. The van der Waals surface area contributed by atoms with Gasteiger partial charge in [0, 0.05) is 4.90 Å². The maximum atomic E-state index is 8.41. The van der Waals surface area contributed by atoms with Crippen LogP contribution < -0.4 is 0 Å². The van der Waals surface area contributed by atoms with Gasteiger partial charge in [-0.05, 0) is 12.1 Å². The SMILES string of the molecule is OCC#CCC#CCC#CCSc1ccccc1. The van der Waals surface area contributed by atoms with Crippen LogP contribution in [0.15, 0.2) is 35.2 Å². The Morgan fingerprint density at radius 2 is 1.44 bits per heavy atom. The zero-order chi connectivity index (χ0) is 12.9. The Bertz CT molecular complexity index is 515. The molecule has 0 heterocycles. The van der Waals surface area contributed by atoms with Crippen LogP contribution >= 0.6 is 11.8 Å². The van der Waals surface area contributed by atoms with Gasteiger partial charge in [-0.25, -0.2) is 0 Å². The molecular weight excluding hydrogens is 240 g/mol. The van der Waals surface area contributed by atoms with Crippen LogP contribution in [0.25, 0.3) is 0 Å². The first-order valence-electron chi connectivity index (χ1n) is 5.59. The minimum absolute atomic E-state index is 0.0990. The zero-order valence-electron chi connectivity index (χ0n) is 10.1. The molecule has 0 aliphatic rings. The average Bonchev–Trinajstić information content (AvgIpc) is 2.42. The minimum Gasteiger partial charge on any atom is -0.384 e. The lowest BCUT2D eigenvalue weighted by Gasteiger charge is -1.93. The summed E-state index contributed by atoms with van der Waals surface area (Å²) in [5.74, 6) is 17.9. The average molecular weight is 254 g/mol. The quantitative estimate of drug-likeness (QED) is 0.646. The molecule has 2 heteroatoms. The van der Waals surface area contributed by atoms with Crippen molar-refractivity contribution in [3.8, 4) is 35.5 Å². The number of benzene rings is 1. The molecule has 0 aliphatic heterocycles. The molecule has 1 nitrogen and oxygen atoms in total. The van der Waals surface area contributed by atoms with Crippen molar-refractivity contribution in [3.63, 3.8) is 0 Å². The zero-order valence-corrected chi connectivity index (χ0v) is 10.9. The molecule has 0 aromatic heterocycles. The van der Waals surface area contributed by atoms with Gasteiger partial charge in [0.05, 0.1) is 18.6 Å². The first-order chi connectivity index (χ1) is 8.93. The van der Waals surface area contributed by atoms with Gasteiger partial charge in [-0.3, -0.25) is 0 Å². The van der Waals surface area contributed by atoms with Gasteiger partial charge in [0.15, 0.2) is 0 Å². The number of aliphatic hydroxyl groups excluding tert-OH is 1. The molecule has 0 aliphatic carbocycles. The third-order valence-electron chi connectivity index (χ3n) is 1.86. The molecule has 1 rings (SSSR count). The Balaban J connectivity index is 2.15. The van der Waals surface area contributed by atoms with Crippen LogP contribution in [0.3, 0.4) is 0 Å². The second kappa shape index (κ2) is 10.4. The van der Waals surface area contributed by atoms with Gasteiger partial charge in [0.2, 0.25) is 0 Å². The van der Waals surface area contributed by atoms with E-state index in [0.29, 0.717) is 12.8 Å². The fraction of sp³-hybridized carbons (Fsp3) is 0.250. The maximum Gasteiger partial charge on any atom is 0.104 e. The van der Waals surface area contributed by atoms with Crippen LogP contribution in [0.1, 0.15) is 12.8 Å². The summed E-state index contributed by atoms with van der Waals surface area (Å²) in [5, 5.41) is 8.41. The van der Waals surface area contributed by atoms with Crippen LogP contribution in [-0.4, -0.2) is 17.5 Å². The Morgan fingerprint density at radius 1 is 0.833 bits per heavy atom. The molecule has 0 saturated heterocycles. The molecule has 18 heavy (non-hydrogen) atoms. The minimum atomic E-state index is -0.0990. The van der Waals surface area contributed by atoms with Crippen LogP contribution in [0.2, 0.25) is 0 Å². The smallest absolute Gasteiger partial charge is 0.104 e. The molecule has 1 aromatic carbocycles. The third-order valence-corrected chi connectivity index (χ3v) is 2.76. The molecular formula is C16H14OS. The van der Waals surface area contributed by atoms with Crippen molar-refractivity contribution in [1.82, 2.24) is 0 Å². The molecule has 0 bridgehead atoms. The molecule has 0 saturated carbocycles. The normalized spacial score (nSPS) is 8.06. The molecule has 1 aromatic rings. The second-order valence-electron chi connectivity index (χ2n) is 3.17. The second-order valence-corrected chi connectivity index (χ2v) is 4.22. The van der Waals surface area contributed by atoms with E-state index < -0.39 is 0 Å². The molecule has 0 fully saturated rings. The topological polar surface area (TPSA) is 20.2 Å². The van der Waals surface area contributed by atoms with Crippen molar-refractivity contribution in [2.75, 3.05) is 12.4 Å². The predicted octanol–water partition coefficient (Wildman–Crippen LogP) is 2.56. The van der Waals surface area contributed by atoms with E-state index in [1.807, 2.05) is 18.2 Å². The van der Waals surface area contributed by atoms with Crippen molar-refractivity contribution >= 4 is 11.8 Å². The monoisotopic (exact) mass is 254 g/mol. The highest BCUT2D eigenvalue weighted by Crippen LogP contribution is 2.15. The summed E-state index contributed by atoms with van der Waals surface area (Å²) in [5.41, 5.74) is 0. The highest BCUT2D eigenvalue weighted by molar-refractivity contribution is 7.99. The summed E-state index contributed by atoms with van der Waals surface area (Å²) in [7, 11) is 0. The number of hydrogen-bond acceptors (Lipinski definition) is 2. The van der Waals surface area contributed by atoms with Gasteiger partial charge in [-0.2, -0.15) is 0 Å². The van der Waals surface area contributed by atoms with Crippen LogP contribution in [0, 0.1) is 35.5 Å². The van der Waals surface area contributed by atoms with E-state index in [-0.39, 0.29) is 6.61 Å². The molecule has 0 radical (unpaired) electrons. The lowest BCUT2D eigenvalue weighted by atomic mass is 10.3. The van der Waals surface area contributed by atoms with Gasteiger partial charge in [-0.15, -0.1) is 11.8 Å². The van der Waals surface area contributed by atoms with Gasteiger partial charge < -0.3 is 5.11 Å². The van der Waals surface area contributed by atoms with E-state index in [1.54, 1.807) is 11.8 Å². The van der Waals surface area contributed by atoms with Gasteiger partial charge in [0.25, 0.3) is 0 Å². The summed E-state index contributed by atoms with van der Waals surface area (Å²) >= 11 is 1.72. The van der Waals surface area contributed by atoms with Gasteiger partial charge in [0.1, 0.15) is 6.61 Å². The van der Waals surface area contributed by atoms with Crippen molar-refractivity contribution in [2.24, 2.45) is 0 Å². The molecule has 0 spiro atoms. The number of hydrogen-bond donors (Lipinski definition) is 1. The summed E-state index contributed by atoms with van der Waals surface area (Å²) in [6.07, 6.45) is 1.08. The standard InChI is InChI=1S/C16H14OS/c17-14-10-5-3-1-2-4-6-11-15-18-16-12-8-7-9-13-16/h7-9,12-13,17H,3-4,14-15H2.